The molecule has 0 unspecified atom stereocenters. The summed E-state index contributed by atoms with van der Waals surface area (Å²) in [5.41, 5.74) is 2.69. The fourth-order valence-corrected chi connectivity index (χ4v) is 3.48. The number of carbonyl (C=O) groups excluding carboxylic acids is 1. The van der Waals surface area contributed by atoms with Gasteiger partial charge in [-0.2, -0.15) is 0 Å². The summed E-state index contributed by atoms with van der Waals surface area (Å²) >= 11 is 6.14. The highest BCUT2D eigenvalue weighted by atomic mass is 35.5. The summed E-state index contributed by atoms with van der Waals surface area (Å²) in [5, 5.41) is 6.05. The topological polar surface area (TPSA) is 79.4 Å². The fourth-order valence-electron chi connectivity index (χ4n) is 3.31. The summed E-state index contributed by atoms with van der Waals surface area (Å²) in [4.78, 5) is 22.3. The zero-order chi connectivity index (χ0) is 22.5. The summed E-state index contributed by atoms with van der Waals surface area (Å²) < 4.78 is 20.0. The first-order valence-electron chi connectivity index (χ1n) is 9.99. The minimum Gasteiger partial charge on any atom is -0.378 e. The molecule has 1 fully saturated rings. The lowest BCUT2D eigenvalue weighted by atomic mass is 10.1. The molecule has 164 valence electrons. The first-order chi connectivity index (χ1) is 15.5. The van der Waals surface area contributed by atoms with Gasteiger partial charge in [0.05, 0.1) is 30.1 Å². The predicted octanol–water partition coefficient (Wildman–Crippen LogP) is 4.64. The number of hydrogen-bond donors (Lipinski definition) is 2. The molecular weight excluding hydrogens is 433 g/mol. The third-order valence-corrected chi connectivity index (χ3v) is 5.24. The highest BCUT2D eigenvalue weighted by molar-refractivity contribution is 6.34. The zero-order valence-electron chi connectivity index (χ0n) is 17.1. The maximum Gasteiger partial charge on any atom is 0.247 e. The summed E-state index contributed by atoms with van der Waals surface area (Å²) in [6.07, 6.45) is 2.23. The summed E-state index contributed by atoms with van der Waals surface area (Å²) in [7, 11) is 0. The Morgan fingerprint density at radius 1 is 1.22 bits per heavy atom. The van der Waals surface area contributed by atoms with Crippen LogP contribution >= 0.6 is 11.6 Å². The van der Waals surface area contributed by atoms with Crippen LogP contribution in [0.2, 0.25) is 5.02 Å². The van der Waals surface area contributed by atoms with E-state index in [0.717, 1.165) is 36.7 Å². The molecule has 1 aliphatic rings. The Kier molecular flexibility index (Phi) is 6.63. The molecule has 7 nitrogen and oxygen atoms in total. The van der Waals surface area contributed by atoms with Crippen LogP contribution in [0.15, 0.2) is 61.3 Å². The third-order valence-electron chi connectivity index (χ3n) is 4.91. The van der Waals surface area contributed by atoms with Crippen molar-refractivity contribution in [3.05, 3.63) is 72.2 Å². The molecule has 0 radical (unpaired) electrons. The lowest BCUT2D eigenvalue weighted by Gasteiger charge is -2.29. The smallest absolute Gasteiger partial charge is 0.247 e. The van der Waals surface area contributed by atoms with Gasteiger partial charge in [0.15, 0.2) is 5.82 Å². The van der Waals surface area contributed by atoms with Gasteiger partial charge in [0, 0.05) is 30.0 Å². The Bertz CT molecular complexity index is 1150. The Hall–Kier alpha value is -3.49. The molecule has 4 rings (SSSR count). The van der Waals surface area contributed by atoms with E-state index in [1.54, 1.807) is 18.2 Å². The lowest BCUT2D eigenvalue weighted by Crippen LogP contribution is -2.36. The van der Waals surface area contributed by atoms with Crippen LogP contribution in [0.5, 0.6) is 0 Å². The van der Waals surface area contributed by atoms with Crippen molar-refractivity contribution in [3.8, 4) is 11.3 Å². The van der Waals surface area contributed by atoms with Crippen LogP contribution in [0.4, 0.5) is 27.4 Å². The average molecular weight is 454 g/mol. The van der Waals surface area contributed by atoms with E-state index in [4.69, 9.17) is 16.3 Å². The minimum absolute atomic E-state index is 0.0811. The normalized spacial score (nSPS) is 13.5. The van der Waals surface area contributed by atoms with Gasteiger partial charge in [0.1, 0.15) is 5.69 Å². The van der Waals surface area contributed by atoms with Crippen LogP contribution in [0.1, 0.15) is 0 Å². The van der Waals surface area contributed by atoms with Gasteiger partial charge in [-0.3, -0.25) is 4.79 Å². The number of carbonyl (C=O) groups is 1. The van der Waals surface area contributed by atoms with Crippen molar-refractivity contribution in [2.75, 3.05) is 41.8 Å². The molecule has 0 atom stereocenters. The summed E-state index contributed by atoms with van der Waals surface area (Å²) in [6.45, 7) is 6.44. The standard InChI is InChI=1S/C23H21ClFN5O2/c1-2-21(31)28-20-12-15(6-7-18(20)24)22-19(25)14-26-23(29-22)27-16-4-3-5-17(13-16)30-8-10-32-11-9-30/h2-7,12-14H,1,8-11H2,(H,28,31)(H,26,27,29). The number of rotatable bonds is 6. The Morgan fingerprint density at radius 3 is 2.81 bits per heavy atom. The summed E-state index contributed by atoms with van der Waals surface area (Å²) in [5.74, 6) is -0.775. The van der Waals surface area contributed by atoms with E-state index in [1.165, 1.54) is 0 Å². The fraction of sp³-hybridized carbons (Fsp3) is 0.174. The number of aromatic nitrogens is 2. The monoisotopic (exact) mass is 453 g/mol. The van der Waals surface area contributed by atoms with E-state index in [1.807, 2.05) is 24.3 Å². The molecule has 1 saturated heterocycles. The van der Waals surface area contributed by atoms with Crippen molar-refractivity contribution in [1.29, 1.82) is 0 Å². The van der Waals surface area contributed by atoms with Gasteiger partial charge < -0.3 is 20.3 Å². The van der Waals surface area contributed by atoms with Crippen molar-refractivity contribution in [2.24, 2.45) is 0 Å². The maximum atomic E-state index is 14.6. The zero-order valence-corrected chi connectivity index (χ0v) is 17.9. The third kappa shape index (κ3) is 5.04. The van der Waals surface area contributed by atoms with E-state index in [9.17, 15) is 9.18 Å². The highest BCUT2D eigenvalue weighted by Gasteiger charge is 2.14. The predicted molar refractivity (Wildman–Crippen MR) is 124 cm³/mol. The second-order valence-electron chi connectivity index (χ2n) is 7.05. The second kappa shape index (κ2) is 9.76. The van der Waals surface area contributed by atoms with E-state index < -0.39 is 11.7 Å². The molecule has 0 spiro atoms. The first-order valence-corrected chi connectivity index (χ1v) is 10.4. The Labute approximate surface area is 189 Å². The van der Waals surface area contributed by atoms with Gasteiger partial charge in [-0.15, -0.1) is 0 Å². The lowest BCUT2D eigenvalue weighted by molar-refractivity contribution is -0.111. The number of amides is 1. The van der Waals surface area contributed by atoms with E-state index >= 15 is 0 Å². The molecule has 9 heteroatoms. The van der Waals surface area contributed by atoms with Gasteiger partial charge >= 0.3 is 0 Å². The molecule has 0 saturated carbocycles. The molecule has 3 aromatic rings. The van der Waals surface area contributed by atoms with Crippen molar-refractivity contribution in [2.45, 2.75) is 0 Å². The van der Waals surface area contributed by atoms with Gasteiger partial charge in [0.2, 0.25) is 11.9 Å². The van der Waals surface area contributed by atoms with Crippen molar-refractivity contribution in [1.82, 2.24) is 9.97 Å². The van der Waals surface area contributed by atoms with Crippen molar-refractivity contribution < 1.29 is 13.9 Å². The Balaban J connectivity index is 1.59. The molecule has 2 heterocycles. The molecule has 2 aromatic carbocycles. The van der Waals surface area contributed by atoms with Crippen LogP contribution in [0.3, 0.4) is 0 Å². The SMILES string of the molecule is C=CC(=O)Nc1cc(-c2nc(Nc3cccc(N4CCOCC4)c3)ncc2F)ccc1Cl. The number of nitrogens with one attached hydrogen (secondary N) is 2. The van der Waals surface area contributed by atoms with Crippen LogP contribution in [0.25, 0.3) is 11.3 Å². The van der Waals surface area contributed by atoms with Crippen molar-refractivity contribution in [3.63, 3.8) is 0 Å². The first kappa shape index (κ1) is 21.7. The average Bonchev–Trinajstić information content (AvgIpc) is 2.82. The molecular formula is C23H21ClFN5O2. The van der Waals surface area contributed by atoms with Crippen molar-refractivity contribution >= 4 is 40.5 Å². The molecule has 1 aromatic heterocycles. The van der Waals surface area contributed by atoms with Crippen LogP contribution in [0, 0.1) is 5.82 Å². The van der Waals surface area contributed by atoms with E-state index in [-0.39, 0.29) is 11.6 Å². The molecule has 0 aliphatic carbocycles. The van der Waals surface area contributed by atoms with E-state index in [2.05, 4.69) is 32.1 Å². The maximum absolute atomic E-state index is 14.6. The summed E-state index contributed by atoms with van der Waals surface area (Å²) in [6, 6.07) is 12.6. The number of benzene rings is 2. The number of morpholine rings is 1. The molecule has 0 bridgehead atoms. The van der Waals surface area contributed by atoms with Gasteiger partial charge in [-0.25, -0.2) is 14.4 Å². The second-order valence-corrected chi connectivity index (χ2v) is 7.46. The molecule has 1 amide bonds. The largest absolute Gasteiger partial charge is 0.378 e. The number of hydrogen-bond acceptors (Lipinski definition) is 6. The number of ether oxygens (including phenoxy) is 1. The molecule has 32 heavy (non-hydrogen) atoms. The number of halogens is 2. The van der Waals surface area contributed by atoms with Crippen LogP contribution < -0.4 is 15.5 Å². The molecule has 1 aliphatic heterocycles. The molecule has 2 N–H and O–H groups in total. The van der Waals surface area contributed by atoms with Gasteiger partial charge in [0.25, 0.3) is 0 Å². The quantitative estimate of drug-likeness (QED) is 0.529. The number of anilines is 4. The van der Waals surface area contributed by atoms with Gasteiger partial charge in [-0.05, 0) is 36.4 Å². The van der Waals surface area contributed by atoms with E-state index in [0.29, 0.717) is 29.5 Å². The highest BCUT2D eigenvalue weighted by Crippen LogP contribution is 2.30. The number of nitrogens with zero attached hydrogens (tertiary/aromatic N) is 3. The Morgan fingerprint density at radius 2 is 2.03 bits per heavy atom. The van der Waals surface area contributed by atoms with Gasteiger partial charge in [-0.1, -0.05) is 30.3 Å². The van der Waals surface area contributed by atoms with Crippen LogP contribution in [-0.4, -0.2) is 42.2 Å². The minimum atomic E-state index is -0.596. The van der Waals surface area contributed by atoms with Crippen LogP contribution in [-0.2, 0) is 9.53 Å².